The Morgan fingerprint density at radius 2 is 1.32 bits per heavy atom. The minimum atomic E-state index is -0.538. The zero-order chi connectivity index (χ0) is 29.0. The Morgan fingerprint density at radius 1 is 0.895 bits per heavy atom. The molecule has 0 amide bonds. The van der Waals surface area contributed by atoms with E-state index in [1.165, 1.54) is 9.79 Å². The number of thioether (sulfide) groups is 2. The third-order valence-electron chi connectivity index (χ3n) is 6.87. The first-order valence-electron chi connectivity index (χ1n) is 13.5. The van der Waals surface area contributed by atoms with Crippen LogP contribution in [0.3, 0.4) is 0 Å². The standard InChI is InChI=1S/C15H23NOS.C12H16O2S.C4H11N/c1-6-16(7-2)15(3,4)14(17)12-8-10-13(18-5)11-9-12;1-11(2)12(13-3,14-11)9-5-7-10(15-4)8-6-9;1-3-5-4-2/h8-11H,6-7H2,1-5H3;5-8H,1-4H3;5H,3-4H2,1-2H3. The van der Waals surface area contributed by atoms with Crippen LogP contribution in [0.1, 0.15) is 71.3 Å². The highest BCUT2D eigenvalue weighted by Gasteiger charge is 2.66. The number of carbonyl (C=O) groups is 1. The fourth-order valence-corrected chi connectivity index (χ4v) is 5.28. The Bertz CT molecular complexity index is 956. The molecule has 1 atom stereocenters. The van der Waals surface area contributed by atoms with Crippen molar-refractivity contribution < 1.29 is 14.3 Å². The van der Waals surface area contributed by atoms with Gasteiger partial charge in [0.25, 0.3) is 0 Å². The van der Waals surface area contributed by atoms with E-state index in [9.17, 15) is 4.79 Å². The quantitative estimate of drug-likeness (QED) is 0.175. The normalized spacial score (nSPS) is 17.7. The second-order valence-electron chi connectivity index (χ2n) is 9.91. The molecule has 1 heterocycles. The summed E-state index contributed by atoms with van der Waals surface area (Å²) < 4.78 is 11.2. The molecule has 0 spiro atoms. The monoisotopic (exact) mass is 562 g/mol. The van der Waals surface area contributed by atoms with E-state index >= 15 is 0 Å². The summed E-state index contributed by atoms with van der Waals surface area (Å²) in [6.45, 7) is 20.4. The Balaban J connectivity index is 0.000000326. The van der Waals surface area contributed by atoms with Crippen LogP contribution in [-0.4, -0.2) is 67.6 Å². The molecule has 0 aliphatic carbocycles. The van der Waals surface area contributed by atoms with Crippen LogP contribution in [-0.2, 0) is 15.3 Å². The van der Waals surface area contributed by atoms with Crippen LogP contribution in [0.4, 0.5) is 0 Å². The number of epoxide rings is 1. The number of carbonyl (C=O) groups excluding carboxylic acids is 1. The summed E-state index contributed by atoms with van der Waals surface area (Å²) in [4.78, 5) is 17.2. The van der Waals surface area contributed by atoms with Gasteiger partial charge in [0.05, 0.1) is 5.54 Å². The zero-order valence-electron chi connectivity index (χ0n) is 25.4. The molecule has 0 saturated carbocycles. The molecule has 3 rings (SSSR count). The van der Waals surface area contributed by atoms with E-state index in [1.54, 1.807) is 30.6 Å². The summed E-state index contributed by atoms with van der Waals surface area (Å²) in [5, 5.41) is 3.11. The van der Waals surface area contributed by atoms with E-state index in [0.29, 0.717) is 0 Å². The van der Waals surface area contributed by atoms with Gasteiger partial charge in [-0.3, -0.25) is 9.69 Å². The molecule has 1 fully saturated rings. The third-order valence-corrected chi connectivity index (χ3v) is 8.36. The highest BCUT2D eigenvalue weighted by molar-refractivity contribution is 7.98. The smallest absolute Gasteiger partial charge is 0.225 e. The molecule has 2 aromatic carbocycles. The maximum Gasteiger partial charge on any atom is 0.225 e. The predicted molar refractivity (Wildman–Crippen MR) is 166 cm³/mol. The number of likely N-dealkylation sites (N-methyl/N-ethyl adjacent to an activating group) is 1. The zero-order valence-corrected chi connectivity index (χ0v) is 27.1. The summed E-state index contributed by atoms with van der Waals surface area (Å²) in [5.41, 5.74) is 1.23. The van der Waals surface area contributed by atoms with Gasteiger partial charge in [-0.2, -0.15) is 0 Å². The fraction of sp³-hybridized carbons (Fsp3) is 0.581. The highest BCUT2D eigenvalue weighted by Crippen LogP contribution is 2.55. The summed E-state index contributed by atoms with van der Waals surface area (Å²) in [6.07, 6.45) is 4.11. The van der Waals surface area contributed by atoms with E-state index in [2.05, 4.69) is 68.4 Å². The van der Waals surface area contributed by atoms with Crippen LogP contribution >= 0.6 is 23.5 Å². The van der Waals surface area contributed by atoms with Crippen molar-refractivity contribution in [2.45, 2.75) is 82.1 Å². The van der Waals surface area contributed by atoms with Crippen LogP contribution in [0.2, 0.25) is 0 Å². The number of rotatable bonds is 11. The maximum absolute atomic E-state index is 12.6. The van der Waals surface area contributed by atoms with Gasteiger partial charge in [-0.05, 0) is 90.7 Å². The lowest BCUT2D eigenvalue weighted by Crippen LogP contribution is -2.49. The van der Waals surface area contributed by atoms with Crippen molar-refractivity contribution in [2.75, 3.05) is 45.8 Å². The van der Waals surface area contributed by atoms with E-state index in [4.69, 9.17) is 9.47 Å². The van der Waals surface area contributed by atoms with Gasteiger partial charge in [-0.15, -0.1) is 23.5 Å². The average Bonchev–Trinajstić information content (AvgIpc) is 3.52. The van der Waals surface area contributed by atoms with Crippen molar-refractivity contribution in [2.24, 2.45) is 0 Å². The lowest BCUT2D eigenvalue weighted by molar-refractivity contribution is -0.0148. The van der Waals surface area contributed by atoms with E-state index in [-0.39, 0.29) is 11.4 Å². The molecular weight excluding hydrogens is 512 g/mol. The fourth-order valence-electron chi connectivity index (χ4n) is 4.46. The van der Waals surface area contributed by atoms with Gasteiger partial charge in [0.2, 0.25) is 5.79 Å². The van der Waals surface area contributed by atoms with Gasteiger partial charge in [0, 0.05) is 28.0 Å². The van der Waals surface area contributed by atoms with Crippen LogP contribution in [0, 0.1) is 0 Å². The van der Waals surface area contributed by atoms with Gasteiger partial charge in [0.1, 0.15) is 5.60 Å². The molecule has 5 nitrogen and oxygen atoms in total. The third kappa shape index (κ3) is 8.83. The number of hydrogen-bond donors (Lipinski definition) is 1. The van der Waals surface area contributed by atoms with Gasteiger partial charge in [-0.1, -0.05) is 52.0 Å². The number of hydrogen-bond acceptors (Lipinski definition) is 7. The van der Waals surface area contributed by atoms with Crippen LogP contribution in [0.5, 0.6) is 0 Å². The van der Waals surface area contributed by atoms with Crippen molar-refractivity contribution in [1.82, 2.24) is 10.2 Å². The SMILES string of the molecule is CCN(CC)C(C)(C)C(=O)c1ccc(SC)cc1.CCNCC.COC1(c2ccc(SC)cc2)OC1(C)C. The molecule has 1 N–H and O–H groups in total. The minimum Gasteiger partial charge on any atom is -0.347 e. The maximum atomic E-state index is 12.6. The van der Waals surface area contributed by atoms with Crippen molar-refractivity contribution in [3.8, 4) is 0 Å². The van der Waals surface area contributed by atoms with Crippen molar-refractivity contribution in [3.63, 3.8) is 0 Å². The molecule has 214 valence electrons. The van der Waals surface area contributed by atoms with Crippen LogP contribution < -0.4 is 5.32 Å². The lowest BCUT2D eigenvalue weighted by atomic mass is 9.91. The topological polar surface area (TPSA) is 54.1 Å². The number of ketones is 1. The Hall–Kier alpha value is -1.35. The molecule has 1 unspecified atom stereocenters. The molecule has 2 aromatic rings. The van der Waals surface area contributed by atoms with Gasteiger partial charge in [0.15, 0.2) is 5.78 Å². The summed E-state index contributed by atoms with van der Waals surface area (Å²) in [6, 6.07) is 16.2. The summed E-state index contributed by atoms with van der Waals surface area (Å²) in [5.74, 6) is -0.344. The molecule has 0 aromatic heterocycles. The first-order chi connectivity index (χ1) is 17.9. The second-order valence-corrected chi connectivity index (χ2v) is 11.7. The minimum absolute atomic E-state index is 0.193. The Morgan fingerprint density at radius 3 is 1.61 bits per heavy atom. The molecule has 1 aliphatic heterocycles. The number of nitrogens with one attached hydrogen (secondary N) is 1. The number of benzene rings is 2. The number of Topliss-reactive ketones (excluding diaryl/α,β-unsaturated/α-hetero) is 1. The summed E-state index contributed by atoms with van der Waals surface area (Å²) >= 11 is 3.42. The van der Waals surface area contributed by atoms with E-state index in [1.807, 2.05) is 58.2 Å². The highest BCUT2D eigenvalue weighted by atomic mass is 32.2. The second kappa shape index (κ2) is 16.0. The first-order valence-corrected chi connectivity index (χ1v) is 15.9. The number of ether oxygens (including phenoxy) is 2. The van der Waals surface area contributed by atoms with E-state index < -0.39 is 11.3 Å². The van der Waals surface area contributed by atoms with Crippen LogP contribution in [0.15, 0.2) is 58.3 Å². The van der Waals surface area contributed by atoms with Gasteiger partial charge >= 0.3 is 0 Å². The molecule has 38 heavy (non-hydrogen) atoms. The van der Waals surface area contributed by atoms with Gasteiger partial charge < -0.3 is 14.8 Å². The molecular formula is C31H50N2O3S2. The number of methoxy groups -OCH3 is 1. The van der Waals surface area contributed by atoms with Crippen molar-refractivity contribution >= 4 is 29.3 Å². The first kappa shape index (κ1) is 34.7. The van der Waals surface area contributed by atoms with Crippen LogP contribution in [0.25, 0.3) is 0 Å². The summed E-state index contributed by atoms with van der Waals surface area (Å²) in [7, 11) is 1.69. The Labute approximate surface area is 240 Å². The van der Waals surface area contributed by atoms with E-state index in [0.717, 1.165) is 37.3 Å². The van der Waals surface area contributed by atoms with Crippen molar-refractivity contribution in [1.29, 1.82) is 0 Å². The van der Waals surface area contributed by atoms with Crippen molar-refractivity contribution in [3.05, 3.63) is 59.7 Å². The molecule has 7 heteroatoms. The lowest BCUT2D eigenvalue weighted by Gasteiger charge is -2.35. The van der Waals surface area contributed by atoms with Gasteiger partial charge in [-0.25, -0.2) is 0 Å². The molecule has 1 saturated heterocycles. The predicted octanol–water partition coefficient (Wildman–Crippen LogP) is 7.34. The Kier molecular flexibility index (Phi) is 14.6. The largest absolute Gasteiger partial charge is 0.347 e. The molecule has 0 radical (unpaired) electrons. The molecule has 0 bridgehead atoms. The average molecular weight is 563 g/mol. The number of nitrogens with zero attached hydrogens (tertiary/aromatic N) is 1. The molecule has 1 aliphatic rings.